The normalized spacial score (nSPS) is 16.0. The maximum absolute atomic E-state index is 3.27. The Morgan fingerprint density at radius 3 is 0.567 bits per heavy atom. The summed E-state index contributed by atoms with van der Waals surface area (Å²) in [4.78, 5) is 0. The van der Waals surface area contributed by atoms with Gasteiger partial charge >= 0.3 is 0 Å². The molecule has 1 aliphatic carbocycles. The van der Waals surface area contributed by atoms with Gasteiger partial charge in [0.1, 0.15) is 0 Å². The molecule has 3 aromatic rings. The predicted octanol–water partition coefficient (Wildman–Crippen LogP) is 11.0. The molecule has 0 heterocycles. The van der Waals surface area contributed by atoms with E-state index in [1.165, 1.54) is 0 Å². The highest BCUT2D eigenvalue weighted by molar-refractivity contribution is 7.22. The van der Waals surface area contributed by atoms with Gasteiger partial charge in [-0.1, -0.05) is 269 Å². The van der Waals surface area contributed by atoms with Crippen molar-refractivity contribution in [3.8, 4) is 0 Å². The topological polar surface area (TPSA) is 0 Å². The molecule has 0 N–H and O–H groups in total. The SMILES string of the molecule is CC1=C(C)C([Si](c2cc([Si](C)(C)C)c(C)c([Si](C)(C)C)c2[Si](C)(C)C)(c2cc([Si](C)(C)C)c(C)c([Si](C)(C)C)c2[Si](C)(C)C)c2cc([Si](C)(C)C)c(C)c([Si](C)(C)C)c2[Si](C)(C)C)C(C)=C1C. The van der Waals surface area contributed by atoms with Crippen LogP contribution in [0.3, 0.4) is 0 Å². The van der Waals surface area contributed by atoms with Gasteiger partial charge in [0.05, 0.1) is 72.7 Å². The fraction of sp³-hybridized carbons (Fsp3) is 0.614. The highest BCUT2D eigenvalue weighted by atomic mass is 28.4. The molecular weight excluding hydrogens is 965 g/mol. The van der Waals surface area contributed by atoms with Gasteiger partial charge in [-0.25, -0.2) is 0 Å². The van der Waals surface area contributed by atoms with Crippen LogP contribution < -0.4 is 62.2 Å². The summed E-state index contributed by atoms with van der Waals surface area (Å²) in [7, 11) is -21.0. The molecule has 374 valence electrons. The summed E-state index contributed by atoms with van der Waals surface area (Å²) in [6, 6.07) is 9.21. The first-order chi connectivity index (χ1) is 29.4. The predicted molar refractivity (Wildman–Crippen MR) is 346 cm³/mol. The maximum atomic E-state index is 3.07. The molecule has 0 aromatic heterocycles. The smallest absolute Gasteiger partial charge is 0.0656 e. The van der Waals surface area contributed by atoms with Crippen LogP contribution in [0.5, 0.6) is 0 Å². The highest BCUT2D eigenvalue weighted by Crippen LogP contribution is 2.46. The van der Waals surface area contributed by atoms with Crippen LogP contribution in [0.2, 0.25) is 182 Å². The minimum absolute atomic E-state index is 0.345. The lowest BCUT2D eigenvalue weighted by molar-refractivity contribution is 1.09. The Kier molecular flexibility index (Phi) is 15.9. The average Bonchev–Trinajstić information content (AvgIpc) is 3.26. The molecule has 0 aliphatic heterocycles. The lowest BCUT2D eigenvalue weighted by atomic mass is 10.1. The van der Waals surface area contributed by atoms with Crippen LogP contribution in [0, 0.1) is 20.8 Å². The Morgan fingerprint density at radius 2 is 0.418 bits per heavy atom. The summed E-state index contributed by atoms with van der Waals surface area (Å²) in [6.45, 7) is 91.7. The zero-order chi connectivity index (χ0) is 52.7. The molecule has 0 saturated heterocycles. The van der Waals surface area contributed by atoms with Crippen molar-refractivity contribution in [2.45, 2.75) is 231 Å². The molecule has 0 spiro atoms. The second-order valence-corrected chi connectivity index (χ2v) is 80.1. The van der Waals surface area contributed by atoms with Crippen LogP contribution >= 0.6 is 0 Å². The quantitative estimate of drug-likeness (QED) is 0.118. The molecule has 67 heavy (non-hydrogen) atoms. The zero-order valence-electron chi connectivity index (χ0n) is 50.8. The number of benzene rings is 3. The number of hydrogen-bond donors (Lipinski definition) is 0. The van der Waals surface area contributed by atoms with Gasteiger partial charge in [0, 0.05) is 5.54 Å². The average molecular weight is 1070 g/mol. The lowest BCUT2D eigenvalue weighted by Gasteiger charge is -2.51. The lowest BCUT2D eigenvalue weighted by Crippen LogP contribution is -2.87. The van der Waals surface area contributed by atoms with Crippen LogP contribution in [0.15, 0.2) is 40.5 Å². The van der Waals surface area contributed by atoms with Crippen molar-refractivity contribution in [1.82, 2.24) is 0 Å². The maximum Gasteiger partial charge on any atom is 0.158 e. The molecule has 10 heteroatoms. The number of hydrogen-bond acceptors (Lipinski definition) is 0. The van der Waals surface area contributed by atoms with Crippen LogP contribution in [0.1, 0.15) is 44.4 Å². The molecule has 0 atom stereocenters. The van der Waals surface area contributed by atoms with Gasteiger partial charge in [0.25, 0.3) is 0 Å². The molecule has 0 unspecified atom stereocenters. The summed E-state index contributed by atoms with van der Waals surface area (Å²) >= 11 is 0. The van der Waals surface area contributed by atoms with Crippen molar-refractivity contribution in [2.24, 2.45) is 0 Å². The molecular formula is C57H106Si10. The molecule has 0 amide bonds. The third-order valence-corrected chi connectivity index (χ3v) is 41.8. The second-order valence-electron chi connectivity index (χ2n) is 31.1. The summed E-state index contributed by atoms with van der Waals surface area (Å²) in [5, 5.41) is 22.1. The van der Waals surface area contributed by atoms with E-state index in [4.69, 9.17) is 0 Å². The van der Waals surface area contributed by atoms with Gasteiger partial charge in [0.15, 0.2) is 8.07 Å². The van der Waals surface area contributed by atoms with Crippen molar-refractivity contribution in [3.63, 3.8) is 0 Å². The third-order valence-electron chi connectivity index (χ3n) is 16.0. The highest BCUT2D eigenvalue weighted by Gasteiger charge is 2.58. The van der Waals surface area contributed by atoms with E-state index in [-0.39, 0.29) is 0 Å². The van der Waals surface area contributed by atoms with Crippen molar-refractivity contribution in [2.75, 3.05) is 0 Å². The molecule has 0 bridgehead atoms. The van der Waals surface area contributed by atoms with Gasteiger partial charge in [-0.05, 0) is 75.2 Å². The molecule has 4 rings (SSSR count). The summed E-state index contributed by atoms with van der Waals surface area (Å²) < 4.78 is 0. The van der Waals surface area contributed by atoms with E-state index in [0.717, 1.165) is 0 Å². The fourth-order valence-electron chi connectivity index (χ4n) is 13.7. The number of allylic oxidation sites excluding steroid dienone is 4. The third kappa shape index (κ3) is 10.6. The van der Waals surface area contributed by atoms with E-state index >= 15 is 0 Å². The standard InChI is InChI=1S/C57H106Si10/c1-38-39(2)41(4)51(40(38)3)67(48-35-45(58(8,9)10)42(5)52(61(17,18)19)55(48)64(26,27)28,49-36-46(59(11,12)13)43(6)53(62(20,21)22)56(49)65(29,30)31)50-37-47(60(14,15)16)44(7)54(63(23,24)25)57(50)66(32,33)34/h35-37,51H,1-34H3. The summed E-state index contributed by atoms with van der Waals surface area (Å²) in [5.74, 6) is 0. The van der Waals surface area contributed by atoms with E-state index in [0.29, 0.717) is 5.54 Å². The van der Waals surface area contributed by atoms with E-state index in [2.05, 4.69) is 243 Å². The van der Waals surface area contributed by atoms with Crippen LogP contribution in [-0.4, -0.2) is 80.7 Å². The van der Waals surface area contributed by atoms with E-state index in [9.17, 15) is 0 Å². The zero-order valence-corrected chi connectivity index (χ0v) is 60.8. The van der Waals surface area contributed by atoms with Gasteiger partial charge in [-0.15, -0.1) is 0 Å². The van der Waals surface area contributed by atoms with Gasteiger partial charge in [-0.2, -0.15) is 0 Å². The molecule has 3 aromatic carbocycles. The van der Waals surface area contributed by atoms with Gasteiger partial charge in [-0.3, -0.25) is 0 Å². The van der Waals surface area contributed by atoms with Crippen LogP contribution in [-0.2, 0) is 0 Å². The first-order valence-corrected chi connectivity index (χ1v) is 59.9. The number of rotatable bonds is 13. The first-order valence-electron chi connectivity index (χ1n) is 26.3. The molecule has 0 radical (unpaired) electrons. The minimum atomic E-state index is -3.27. The van der Waals surface area contributed by atoms with E-state index in [1.807, 2.05) is 46.7 Å². The second kappa shape index (κ2) is 18.1. The van der Waals surface area contributed by atoms with Gasteiger partial charge in [0.2, 0.25) is 0 Å². The Bertz CT molecular complexity index is 2260. The minimum Gasteiger partial charge on any atom is -0.0656 e. The van der Waals surface area contributed by atoms with Crippen LogP contribution in [0.25, 0.3) is 0 Å². The Balaban J connectivity index is 3.03. The molecule has 0 nitrogen and oxygen atoms in total. The largest absolute Gasteiger partial charge is 0.158 e. The monoisotopic (exact) mass is 1070 g/mol. The van der Waals surface area contributed by atoms with E-state index < -0.39 is 80.7 Å². The fourth-order valence-corrected chi connectivity index (χ4v) is 50.3. The molecule has 1 aliphatic rings. The first kappa shape index (κ1) is 58.9. The Labute approximate surface area is 427 Å². The van der Waals surface area contributed by atoms with Crippen molar-refractivity contribution in [1.29, 1.82) is 0 Å². The summed E-state index contributed by atoms with van der Waals surface area (Å²) in [6.07, 6.45) is 0. The van der Waals surface area contributed by atoms with Crippen molar-refractivity contribution in [3.05, 3.63) is 57.2 Å². The van der Waals surface area contributed by atoms with Crippen molar-refractivity contribution < 1.29 is 0 Å². The van der Waals surface area contributed by atoms with Gasteiger partial charge < -0.3 is 0 Å². The van der Waals surface area contributed by atoms with E-state index in [1.54, 1.807) is 54.5 Å². The molecule has 0 fully saturated rings. The Hall–Kier alpha value is -0.691. The van der Waals surface area contributed by atoms with Crippen molar-refractivity contribution >= 4 is 143 Å². The molecule has 0 saturated carbocycles. The Morgan fingerprint density at radius 1 is 0.239 bits per heavy atom. The summed E-state index contributed by atoms with van der Waals surface area (Å²) in [5.41, 5.74) is 11.9. The van der Waals surface area contributed by atoms with Crippen LogP contribution in [0.4, 0.5) is 0 Å².